The molecule has 2 N–H and O–H groups in total. The zero-order valence-corrected chi connectivity index (χ0v) is 15.0. The van der Waals surface area contributed by atoms with Gasteiger partial charge in [-0.3, -0.25) is 4.79 Å². The van der Waals surface area contributed by atoms with Gasteiger partial charge in [-0.05, 0) is 37.3 Å². The Labute approximate surface area is 148 Å². The molecular formula is C17H17BrN2O4. The molecule has 0 aliphatic heterocycles. The first-order chi connectivity index (χ1) is 11.5. The maximum Gasteiger partial charge on any atom is 0.275 e. The van der Waals surface area contributed by atoms with E-state index in [1.165, 1.54) is 12.1 Å². The summed E-state index contributed by atoms with van der Waals surface area (Å²) in [7, 11) is 3.11. The number of hydrogen-bond donors (Lipinski definition) is 2. The van der Waals surface area contributed by atoms with E-state index in [-0.39, 0.29) is 11.3 Å². The average molecular weight is 393 g/mol. The van der Waals surface area contributed by atoms with Gasteiger partial charge in [0.1, 0.15) is 17.2 Å². The number of phenolic OH excluding ortho intramolecular Hbond substituents is 1. The summed E-state index contributed by atoms with van der Waals surface area (Å²) in [5, 5.41) is 13.8. The van der Waals surface area contributed by atoms with Gasteiger partial charge >= 0.3 is 0 Å². The number of carbonyl (C=O) groups is 1. The fourth-order valence-corrected chi connectivity index (χ4v) is 2.40. The number of halogens is 1. The predicted octanol–water partition coefficient (Wildman–Crippen LogP) is 3.33. The summed E-state index contributed by atoms with van der Waals surface area (Å²) in [6, 6.07) is 9.89. The molecule has 1 amide bonds. The van der Waals surface area contributed by atoms with Crippen LogP contribution in [0.5, 0.6) is 17.2 Å². The first-order valence-corrected chi connectivity index (χ1v) is 7.81. The van der Waals surface area contributed by atoms with Crippen molar-refractivity contribution >= 4 is 27.5 Å². The molecule has 0 aliphatic carbocycles. The van der Waals surface area contributed by atoms with E-state index in [1.807, 2.05) is 0 Å². The lowest BCUT2D eigenvalue weighted by Crippen LogP contribution is -2.19. The number of carbonyl (C=O) groups excluding carboxylic acids is 1. The van der Waals surface area contributed by atoms with Crippen LogP contribution in [0.2, 0.25) is 0 Å². The standard InChI is InChI=1S/C17H17BrN2O4/c1-10(13-6-5-12(23-2)9-16(13)24-3)19-20-17(22)14-8-11(18)4-7-15(14)21/h4-9,21H,1-3H3,(H,20,22)/b19-10-. The summed E-state index contributed by atoms with van der Waals surface area (Å²) >= 11 is 3.26. The maximum absolute atomic E-state index is 12.2. The quantitative estimate of drug-likeness (QED) is 0.603. The van der Waals surface area contributed by atoms with Crippen LogP contribution < -0.4 is 14.9 Å². The summed E-state index contributed by atoms with van der Waals surface area (Å²) in [5.41, 5.74) is 3.83. The van der Waals surface area contributed by atoms with E-state index in [0.717, 1.165) is 5.56 Å². The van der Waals surface area contributed by atoms with Crippen LogP contribution in [-0.4, -0.2) is 30.9 Å². The Morgan fingerprint density at radius 3 is 2.54 bits per heavy atom. The van der Waals surface area contributed by atoms with Crippen molar-refractivity contribution in [1.29, 1.82) is 0 Å². The molecule has 2 aromatic rings. The van der Waals surface area contributed by atoms with Crippen molar-refractivity contribution in [1.82, 2.24) is 5.43 Å². The van der Waals surface area contributed by atoms with Gasteiger partial charge in [0.15, 0.2) is 0 Å². The van der Waals surface area contributed by atoms with Gasteiger partial charge in [0.05, 0.1) is 25.5 Å². The Kier molecular flexibility index (Phi) is 5.81. The van der Waals surface area contributed by atoms with Gasteiger partial charge in [0.25, 0.3) is 5.91 Å². The number of benzene rings is 2. The number of methoxy groups -OCH3 is 2. The molecule has 24 heavy (non-hydrogen) atoms. The van der Waals surface area contributed by atoms with E-state index in [4.69, 9.17) is 9.47 Å². The molecule has 0 radical (unpaired) electrons. The highest BCUT2D eigenvalue weighted by Crippen LogP contribution is 2.25. The second-order valence-electron chi connectivity index (χ2n) is 4.87. The van der Waals surface area contributed by atoms with Crippen molar-refractivity contribution in [2.24, 2.45) is 5.10 Å². The molecule has 126 valence electrons. The number of hydrazone groups is 1. The molecule has 0 bridgehead atoms. The van der Waals surface area contributed by atoms with Crippen molar-refractivity contribution in [2.45, 2.75) is 6.92 Å². The Hall–Kier alpha value is -2.54. The van der Waals surface area contributed by atoms with Gasteiger partial charge in [0.2, 0.25) is 0 Å². The summed E-state index contributed by atoms with van der Waals surface area (Å²) in [6.07, 6.45) is 0. The number of phenols is 1. The number of hydrogen-bond acceptors (Lipinski definition) is 5. The zero-order valence-electron chi connectivity index (χ0n) is 13.5. The third-order valence-corrected chi connectivity index (χ3v) is 3.82. The minimum absolute atomic E-state index is 0.120. The number of nitrogens with zero attached hydrogens (tertiary/aromatic N) is 1. The van der Waals surface area contributed by atoms with E-state index in [0.29, 0.717) is 21.7 Å². The van der Waals surface area contributed by atoms with Crippen molar-refractivity contribution in [3.8, 4) is 17.2 Å². The van der Waals surface area contributed by atoms with Crippen LogP contribution in [0, 0.1) is 0 Å². The topological polar surface area (TPSA) is 80.2 Å². The number of nitrogens with one attached hydrogen (secondary N) is 1. The molecule has 0 saturated heterocycles. The lowest BCUT2D eigenvalue weighted by Gasteiger charge is -2.10. The second kappa shape index (κ2) is 7.83. The molecule has 0 spiro atoms. The molecule has 7 heteroatoms. The average Bonchev–Trinajstić information content (AvgIpc) is 2.60. The normalized spacial score (nSPS) is 11.1. The highest BCUT2D eigenvalue weighted by Gasteiger charge is 2.12. The Morgan fingerprint density at radius 1 is 1.12 bits per heavy atom. The van der Waals surface area contributed by atoms with Gasteiger partial charge in [0, 0.05) is 16.1 Å². The summed E-state index contributed by atoms with van der Waals surface area (Å²) in [5.74, 6) is 0.604. The number of aromatic hydroxyl groups is 1. The molecule has 0 fully saturated rings. The lowest BCUT2D eigenvalue weighted by molar-refractivity contribution is 0.0952. The first kappa shape index (κ1) is 17.8. The third kappa shape index (κ3) is 4.05. The Bertz CT molecular complexity index is 790. The van der Waals surface area contributed by atoms with Crippen LogP contribution in [0.3, 0.4) is 0 Å². The van der Waals surface area contributed by atoms with E-state index < -0.39 is 5.91 Å². The smallest absolute Gasteiger partial charge is 0.275 e. The first-order valence-electron chi connectivity index (χ1n) is 7.01. The molecule has 0 unspecified atom stereocenters. The van der Waals surface area contributed by atoms with Crippen molar-refractivity contribution < 1.29 is 19.4 Å². The van der Waals surface area contributed by atoms with E-state index in [1.54, 1.807) is 45.4 Å². The molecular weight excluding hydrogens is 376 g/mol. The summed E-state index contributed by atoms with van der Waals surface area (Å²) < 4.78 is 11.1. The van der Waals surface area contributed by atoms with E-state index >= 15 is 0 Å². The molecule has 6 nitrogen and oxygen atoms in total. The predicted molar refractivity (Wildman–Crippen MR) is 95.0 cm³/mol. The molecule has 0 aromatic heterocycles. The molecule has 2 rings (SSSR count). The molecule has 2 aromatic carbocycles. The third-order valence-electron chi connectivity index (χ3n) is 3.33. The fourth-order valence-electron chi connectivity index (χ4n) is 2.04. The van der Waals surface area contributed by atoms with Crippen LogP contribution in [0.25, 0.3) is 0 Å². The van der Waals surface area contributed by atoms with Crippen LogP contribution in [0.1, 0.15) is 22.8 Å². The molecule has 0 heterocycles. The van der Waals surface area contributed by atoms with Crippen LogP contribution in [0.15, 0.2) is 46.0 Å². The lowest BCUT2D eigenvalue weighted by atomic mass is 10.1. The van der Waals surface area contributed by atoms with Crippen LogP contribution in [0.4, 0.5) is 0 Å². The number of ether oxygens (including phenoxy) is 2. The Morgan fingerprint density at radius 2 is 1.88 bits per heavy atom. The summed E-state index contributed by atoms with van der Waals surface area (Å²) in [6.45, 7) is 1.74. The molecule has 0 aliphatic rings. The fraction of sp³-hybridized carbons (Fsp3) is 0.176. The summed E-state index contributed by atoms with van der Waals surface area (Å²) in [4.78, 5) is 12.2. The highest BCUT2D eigenvalue weighted by molar-refractivity contribution is 9.10. The Balaban J connectivity index is 2.22. The maximum atomic E-state index is 12.2. The van der Waals surface area contributed by atoms with Crippen molar-refractivity contribution in [3.05, 3.63) is 52.0 Å². The molecule has 0 saturated carbocycles. The van der Waals surface area contributed by atoms with Gasteiger partial charge in [-0.25, -0.2) is 5.43 Å². The van der Waals surface area contributed by atoms with Gasteiger partial charge < -0.3 is 14.6 Å². The zero-order chi connectivity index (χ0) is 17.7. The van der Waals surface area contributed by atoms with Crippen LogP contribution in [-0.2, 0) is 0 Å². The van der Waals surface area contributed by atoms with Crippen LogP contribution >= 0.6 is 15.9 Å². The highest BCUT2D eigenvalue weighted by atomic mass is 79.9. The van der Waals surface area contributed by atoms with Gasteiger partial charge in [-0.2, -0.15) is 5.10 Å². The largest absolute Gasteiger partial charge is 0.507 e. The van der Waals surface area contributed by atoms with Gasteiger partial charge in [-0.15, -0.1) is 0 Å². The number of amides is 1. The van der Waals surface area contributed by atoms with Crippen molar-refractivity contribution in [2.75, 3.05) is 14.2 Å². The monoisotopic (exact) mass is 392 g/mol. The van der Waals surface area contributed by atoms with E-state index in [9.17, 15) is 9.90 Å². The minimum Gasteiger partial charge on any atom is -0.507 e. The second-order valence-corrected chi connectivity index (χ2v) is 5.78. The minimum atomic E-state index is -0.513. The number of rotatable bonds is 5. The van der Waals surface area contributed by atoms with Crippen molar-refractivity contribution in [3.63, 3.8) is 0 Å². The SMILES string of the molecule is COc1ccc(/C(C)=N\NC(=O)c2cc(Br)ccc2O)c(OC)c1. The van der Waals surface area contributed by atoms with Gasteiger partial charge in [-0.1, -0.05) is 15.9 Å². The van der Waals surface area contributed by atoms with E-state index in [2.05, 4.69) is 26.5 Å². The molecule has 0 atom stereocenters.